The zero-order valence-electron chi connectivity index (χ0n) is 7.90. The molecular weight excluding hydrogens is 204 g/mol. The maximum Gasteiger partial charge on any atom is 0.193 e. The Bertz CT molecular complexity index is 389. The van der Waals surface area contributed by atoms with Gasteiger partial charge in [-0.1, -0.05) is 0 Å². The average Bonchev–Trinajstić information content (AvgIpc) is 2.59. The van der Waals surface area contributed by atoms with Gasteiger partial charge in [-0.15, -0.1) is 0 Å². The molecule has 2 rings (SSSR count). The number of fused-ring (bicyclic) bond motifs is 1. The van der Waals surface area contributed by atoms with Crippen molar-refractivity contribution in [3.8, 4) is 11.5 Å². The lowest BCUT2D eigenvalue weighted by atomic mass is 10.2. The molecule has 1 heterocycles. The Labute approximate surface area is 84.4 Å². The SMILES string of the molecule is COc1cc2c(c(OC)c1)S(=O)OC2. The Hall–Kier alpha value is -1.07. The third kappa shape index (κ3) is 1.38. The minimum absolute atomic E-state index is 0.343. The molecule has 14 heavy (non-hydrogen) atoms. The van der Waals surface area contributed by atoms with Gasteiger partial charge in [0, 0.05) is 11.6 Å². The maximum absolute atomic E-state index is 11.4. The molecule has 0 saturated carbocycles. The minimum atomic E-state index is -1.40. The molecule has 0 aromatic heterocycles. The number of ether oxygens (including phenoxy) is 2. The lowest BCUT2D eigenvalue weighted by Gasteiger charge is -2.07. The van der Waals surface area contributed by atoms with Crippen LogP contribution in [-0.4, -0.2) is 18.4 Å². The molecule has 0 N–H and O–H groups in total. The van der Waals surface area contributed by atoms with Crippen LogP contribution in [0.15, 0.2) is 17.0 Å². The summed E-state index contributed by atoms with van der Waals surface area (Å²) in [7, 11) is 3.11. The summed E-state index contributed by atoms with van der Waals surface area (Å²) in [5.41, 5.74) is 0.861. The molecule has 1 aliphatic rings. The largest absolute Gasteiger partial charge is 0.497 e. The highest BCUT2D eigenvalue weighted by molar-refractivity contribution is 7.80. The van der Waals surface area contributed by atoms with Gasteiger partial charge in [0.25, 0.3) is 0 Å². The molecule has 1 aliphatic heterocycles. The molecule has 1 atom stereocenters. The Kier molecular flexibility index (Phi) is 2.43. The molecule has 5 heteroatoms. The van der Waals surface area contributed by atoms with Gasteiger partial charge in [0.1, 0.15) is 16.4 Å². The lowest BCUT2D eigenvalue weighted by Crippen LogP contribution is -1.94. The van der Waals surface area contributed by atoms with Crippen molar-refractivity contribution >= 4 is 11.1 Å². The predicted octanol–water partition coefficient (Wildman–Crippen LogP) is 1.26. The first-order valence-corrected chi connectivity index (χ1v) is 5.13. The van der Waals surface area contributed by atoms with E-state index in [1.54, 1.807) is 13.2 Å². The minimum Gasteiger partial charge on any atom is -0.497 e. The second kappa shape index (κ2) is 3.59. The first kappa shape index (κ1) is 9.48. The van der Waals surface area contributed by atoms with Crippen molar-refractivity contribution in [2.24, 2.45) is 0 Å². The summed E-state index contributed by atoms with van der Waals surface area (Å²) >= 11 is -1.40. The van der Waals surface area contributed by atoms with Crippen LogP contribution in [0.3, 0.4) is 0 Å². The molecule has 1 unspecified atom stereocenters. The van der Waals surface area contributed by atoms with E-state index in [0.29, 0.717) is 23.0 Å². The standard InChI is InChI=1S/C9H10O4S/c1-11-7-3-6-5-13-14(10)9(6)8(4-7)12-2/h3-4H,5H2,1-2H3. The van der Waals surface area contributed by atoms with Crippen LogP contribution in [0, 0.1) is 0 Å². The molecule has 1 aromatic rings. The van der Waals surface area contributed by atoms with Crippen LogP contribution in [0.2, 0.25) is 0 Å². The van der Waals surface area contributed by atoms with E-state index < -0.39 is 11.1 Å². The monoisotopic (exact) mass is 214 g/mol. The van der Waals surface area contributed by atoms with Gasteiger partial charge in [-0.25, -0.2) is 4.21 Å². The first-order valence-electron chi connectivity index (χ1n) is 4.06. The Balaban J connectivity index is 2.58. The molecule has 0 saturated heterocycles. The van der Waals surface area contributed by atoms with E-state index in [2.05, 4.69) is 0 Å². The van der Waals surface area contributed by atoms with Gasteiger partial charge in [-0.05, 0) is 6.07 Å². The van der Waals surface area contributed by atoms with Crippen LogP contribution >= 0.6 is 0 Å². The predicted molar refractivity (Wildman–Crippen MR) is 50.7 cm³/mol. The van der Waals surface area contributed by atoms with E-state index in [9.17, 15) is 4.21 Å². The van der Waals surface area contributed by atoms with Gasteiger partial charge in [0.05, 0.1) is 20.8 Å². The van der Waals surface area contributed by atoms with E-state index in [-0.39, 0.29) is 0 Å². The summed E-state index contributed by atoms with van der Waals surface area (Å²) < 4.78 is 26.6. The third-order valence-electron chi connectivity index (χ3n) is 2.05. The van der Waals surface area contributed by atoms with Crippen LogP contribution in [0.25, 0.3) is 0 Å². The van der Waals surface area contributed by atoms with Crippen LogP contribution in [0.4, 0.5) is 0 Å². The normalized spacial score (nSPS) is 19.1. The highest BCUT2D eigenvalue weighted by Gasteiger charge is 2.25. The topological polar surface area (TPSA) is 44.8 Å². The zero-order valence-corrected chi connectivity index (χ0v) is 8.72. The highest BCUT2D eigenvalue weighted by Crippen LogP contribution is 2.36. The van der Waals surface area contributed by atoms with E-state index in [0.717, 1.165) is 5.56 Å². The van der Waals surface area contributed by atoms with Crippen LogP contribution < -0.4 is 9.47 Å². The molecule has 0 spiro atoms. The second-order valence-electron chi connectivity index (χ2n) is 2.81. The summed E-state index contributed by atoms with van der Waals surface area (Å²) in [6.45, 7) is 0.343. The van der Waals surface area contributed by atoms with Crippen molar-refractivity contribution in [3.05, 3.63) is 17.7 Å². The fourth-order valence-electron chi connectivity index (χ4n) is 1.37. The quantitative estimate of drug-likeness (QED) is 0.743. The third-order valence-corrected chi connectivity index (χ3v) is 3.18. The molecule has 1 aromatic carbocycles. The molecular formula is C9H10O4S. The smallest absolute Gasteiger partial charge is 0.193 e. The zero-order chi connectivity index (χ0) is 10.1. The number of hydrogen-bond acceptors (Lipinski definition) is 4. The molecule has 0 radical (unpaired) electrons. The number of hydrogen-bond donors (Lipinski definition) is 0. The van der Waals surface area contributed by atoms with E-state index >= 15 is 0 Å². The van der Waals surface area contributed by atoms with Gasteiger partial charge < -0.3 is 9.47 Å². The highest BCUT2D eigenvalue weighted by atomic mass is 32.2. The summed E-state index contributed by atoms with van der Waals surface area (Å²) in [6.07, 6.45) is 0. The molecule has 0 amide bonds. The van der Waals surface area contributed by atoms with Crippen molar-refractivity contribution in [2.75, 3.05) is 14.2 Å². The number of rotatable bonds is 2. The molecule has 76 valence electrons. The fourth-order valence-corrected chi connectivity index (χ4v) is 2.36. The molecule has 0 bridgehead atoms. The summed E-state index contributed by atoms with van der Waals surface area (Å²) in [5.74, 6) is 1.23. The van der Waals surface area contributed by atoms with Crippen LogP contribution in [-0.2, 0) is 21.9 Å². The van der Waals surface area contributed by atoms with Crippen molar-refractivity contribution in [3.63, 3.8) is 0 Å². The second-order valence-corrected chi connectivity index (χ2v) is 3.93. The first-order chi connectivity index (χ1) is 6.76. The Morgan fingerprint density at radius 2 is 2.14 bits per heavy atom. The van der Waals surface area contributed by atoms with Gasteiger partial charge >= 0.3 is 0 Å². The summed E-state index contributed by atoms with van der Waals surface area (Å²) in [5, 5.41) is 0. The lowest BCUT2D eigenvalue weighted by molar-refractivity contribution is 0.353. The summed E-state index contributed by atoms with van der Waals surface area (Å²) in [6, 6.07) is 3.51. The molecule has 4 nitrogen and oxygen atoms in total. The Morgan fingerprint density at radius 3 is 2.79 bits per heavy atom. The van der Waals surface area contributed by atoms with Crippen molar-refractivity contribution < 1.29 is 17.9 Å². The fraction of sp³-hybridized carbons (Fsp3) is 0.333. The van der Waals surface area contributed by atoms with Crippen LogP contribution in [0.1, 0.15) is 5.56 Å². The van der Waals surface area contributed by atoms with Crippen molar-refractivity contribution in [1.82, 2.24) is 0 Å². The average molecular weight is 214 g/mol. The van der Waals surface area contributed by atoms with E-state index in [1.807, 2.05) is 6.07 Å². The number of methoxy groups -OCH3 is 2. The van der Waals surface area contributed by atoms with Gasteiger partial charge in [-0.3, -0.25) is 4.18 Å². The van der Waals surface area contributed by atoms with Crippen molar-refractivity contribution in [2.45, 2.75) is 11.5 Å². The van der Waals surface area contributed by atoms with Gasteiger partial charge in [0.2, 0.25) is 0 Å². The van der Waals surface area contributed by atoms with E-state index in [4.69, 9.17) is 13.7 Å². The number of benzene rings is 1. The van der Waals surface area contributed by atoms with E-state index in [1.165, 1.54) is 7.11 Å². The van der Waals surface area contributed by atoms with Gasteiger partial charge in [0.15, 0.2) is 11.1 Å². The summed E-state index contributed by atoms with van der Waals surface area (Å²) in [4.78, 5) is 0.619. The molecule has 0 fully saturated rings. The Morgan fingerprint density at radius 1 is 1.36 bits per heavy atom. The molecule has 0 aliphatic carbocycles. The van der Waals surface area contributed by atoms with Crippen LogP contribution in [0.5, 0.6) is 11.5 Å². The maximum atomic E-state index is 11.4. The van der Waals surface area contributed by atoms with Gasteiger partial charge in [-0.2, -0.15) is 0 Å². The van der Waals surface area contributed by atoms with Crippen molar-refractivity contribution in [1.29, 1.82) is 0 Å².